The van der Waals surface area contributed by atoms with Gasteiger partial charge in [-0.15, -0.1) is 0 Å². The van der Waals surface area contributed by atoms with Crippen LogP contribution in [0.3, 0.4) is 0 Å². The number of carbonyl (C=O) groups is 2. The summed E-state index contributed by atoms with van der Waals surface area (Å²) in [5.74, 6) is -0.551. The molecule has 0 bridgehead atoms. The average molecular weight is 254 g/mol. The Morgan fingerprint density at radius 1 is 0.889 bits per heavy atom. The molecule has 18 heavy (non-hydrogen) atoms. The molecule has 0 aromatic heterocycles. The van der Waals surface area contributed by atoms with Gasteiger partial charge in [0.25, 0.3) is 0 Å². The minimum absolute atomic E-state index is 0.00167. The van der Waals surface area contributed by atoms with Gasteiger partial charge in [0.1, 0.15) is 0 Å². The molecule has 4 nitrogen and oxygen atoms in total. The third kappa shape index (κ3) is 2.81. The van der Waals surface area contributed by atoms with E-state index in [1.165, 1.54) is 14.2 Å². The Labute approximate surface area is 109 Å². The molecule has 4 heteroatoms. The first-order valence-electron chi connectivity index (χ1n) is 6.08. The van der Waals surface area contributed by atoms with Crippen LogP contribution in [0.25, 0.3) is 0 Å². The minimum atomic E-state index is -0.275. The molecule has 0 radical (unpaired) electrons. The molecule has 1 aliphatic rings. The summed E-state index contributed by atoms with van der Waals surface area (Å²) in [4.78, 5) is 24.0. The van der Waals surface area contributed by atoms with Crippen molar-refractivity contribution < 1.29 is 19.1 Å². The molecular formula is C14H22O4. The molecule has 0 aromatic rings. The van der Waals surface area contributed by atoms with Crippen LogP contribution in [0.5, 0.6) is 0 Å². The molecule has 0 amide bonds. The van der Waals surface area contributed by atoms with E-state index in [4.69, 9.17) is 9.47 Å². The Balaban J connectivity index is 0.00000137. The van der Waals surface area contributed by atoms with E-state index >= 15 is 0 Å². The van der Waals surface area contributed by atoms with Crippen LogP contribution >= 0.6 is 0 Å². The van der Waals surface area contributed by atoms with Crippen LogP contribution in [0.15, 0.2) is 22.7 Å². The summed E-state index contributed by atoms with van der Waals surface area (Å²) in [5.41, 5.74) is 0.945. The normalized spacial score (nSPS) is 15.8. The second-order valence-electron chi connectivity index (χ2n) is 3.92. The van der Waals surface area contributed by atoms with Crippen molar-refractivity contribution in [3.8, 4) is 0 Å². The first-order valence-corrected chi connectivity index (χ1v) is 6.08. The molecule has 0 aromatic carbocycles. The molecule has 0 saturated carbocycles. The molecule has 0 heterocycles. The number of carbonyl (C=O) groups excluding carboxylic acids is 2. The topological polar surface area (TPSA) is 52.6 Å². The first kappa shape index (κ1) is 16.4. The van der Waals surface area contributed by atoms with Crippen molar-refractivity contribution in [2.45, 2.75) is 34.6 Å². The Hall–Kier alpha value is -1.58. The molecular weight excluding hydrogens is 232 g/mol. The summed E-state index contributed by atoms with van der Waals surface area (Å²) in [5, 5.41) is 0. The molecule has 0 fully saturated rings. The second-order valence-corrected chi connectivity index (χ2v) is 3.92. The summed E-state index contributed by atoms with van der Waals surface area (Å²) in [6.45, 7) is 9.38. The van der Waals surface area contributed by atoms with Gasteiger partial charge >= 0.3 is 0 Å². The van der Waals surface area contributed by atoms with Crippen molar-refractivity contribution in [1.82, 2.24) is 0 Å². The third-order valence-corrected chi connectivity index (χ3v) is 2.59. The molecule has 0 atom stereocenters. The van der Waals surface area contributed by atoms with Crippen molar-refractivity contribution in [1.29, 1.82) is 0 Å². The van der Waals surface area contributed by atoms with E-state index in [9.17, 15) is 9.59 Å². The van der Waals surface area contributed by atoms with E-state index in [-0.39, 0.29) is 29.0 Å². The maximum Gasteiger partial charge on any atom is 0.228 e. The number of ether oxygens (including phenoxy) is 2. The van der Waals surface area contributed by atoms with Crippen LogP contribution in [0.2, 0.25) is 0 Å². The lowest BCUT2D eigenvalue weighted by atomic mass is 9.86. The van der Waals surface area contributed by atoms with Gasteiger partial charge in [-0.1, -0.05) is 27.7 Å². The fraction of sp³-hybridized carbons (Fsp3) is 0.571. The standard InChI is InChI=1S/C12H16O4.C2H6/c1-6(2)8-7(3)9(13)11(15-4)12(16-5)10(8)14;1-2/h6H,1-5H3;1-2H3. The fourth-order valence-electron chi connectivity index (χ4n) is 1.86. The highest BCUT2D eigenvalue weighted by Crippen LogP contribution is 2.29. The summed E-state index contributed by atoms with van der Waals surface area (Å²) < 4.78 is 9.88. The van der Waals surface area contributed by atoms with Crippen molar-refractivity contribution in [2.75, 3.05) is 14.2 Å². The quantitative estimate of drug-likeness (QED) is 0.726. The van der Waals surface area contributed by atoms with E-state index in [0.29, 0.717) is 11.1 Å². The third-order valence-electron chi connectivity index (χ3n) is 2.59. The number of hydrogen-bond donors (Lipinski definition) is 0. The largest absolute Gasteiger partial charge is 0.489 e. The molecule has 102 valence electrons. The highest BCUT2D eigenvalue weighted by atomic mass is 16.5. The van der Waals surface area contributed by atoms with Gasteiger partial charge in [-0.2, -0.15) is 0 Å². The van der Waals surface area contributed by atoms with Crippen molar-refractivity contribution in [3.05, 3.63) is 22.7 Å². The maximum atomic E-state index is 12.1. The number of Topliss-reactive ketones (excluding diaryl/α,β-unsaturated/α-hetero) is 2. The zero-order valence-electron chi connectivity index (χ0n) is 12.2. The van der Waals surface area contributed by atoms with Gasteiger partial charge in [0.2, 0.25) is 23.1 Å². The Kier molecular flexibility index (Phi) is 6.37. The van der Waals surface area contributed by atoms with Crippen molar-refractivity contribution in [2.24, 2.45) is 5.92 Å². The van der Waals surface area contributed by atoms with E-state index < -0.39 is 0 Å². The van der Waals surface area contributed by atoms with Crippen molar-refractivity contribution >= 4 is 11.6 Å². The highest BCUT2D eigenvalue weighted by Gasteiger charge is 2.35. The monoisotopic (exact) mass is 254 g/mol. The molecule has 0 N–H and O–H groups in total. The van der Waals surface area contributed by atoms with Gasteiger partial charge in [-0.3, -0.25) is 9.59 Å². The zero-order chi connectivity index (χ0) is 14.5. The molecule has 1 aliphatic carbocycles. The predicted molar refractivity (Wildman–Crippen MR) is 69.9 cm³/mol. The summed E-state index contributed by atoms with van der Waals surface area (Å²) in [6.07, 6.45) is 0. The summed E-state index contributed by atoms with van der Waals surface area (Å²) >= 11 is 0. The zero-order valence-corrected chi connectivity index (χ0v) is 12.2. The van der Waals surface area contributed by atoms with Crippen LogP contribution in [0, 0.1) is 5.92 Å². The van der Waals surface area contributed by atoms with E-state index in [1.54, 1.807) is 6.92 Å². The van der Waals surface area contributed by atoms with Gasteiger partial charge < -0.3 is 9.47 Å². The van der Waals surface area contributed by atoms with Gasteiger partial charge in [0.05, 0.1) is 14.2 Å². The summed E-state index contributed by atoms with van der Waals surface area (Å²) in [6, 6.07) is 0. The smallest absolute Gasteiger partial charge is 0.228 e. The minimum Gasteiger partial charge on any atom is -0.489 e. The van der Waals surface area contributed by atoms with Gasteiger partial charge in [0, 0.05) is 11.1 Å². The lowest BCUT2D eigenvalue weighted by molar-refractivity contribution is -0.121. The molecule has 0 saturated heterocycles. The van der Waals surface area contributed by atoms with Crippen molar-refractivity contribution in [3.63, 3.8) is 0 Å². The van der Waals surface area contributed by atoms with Crippen LogP contribution in [-0.4, -0.2) is 25.8 Å². The Morgan fingerprint density at radius 2 is 1.28 bits per heavy atom. The SMILES string of the molecule is CC.COC1=C(OC)C(=O)C(C(C)C)=C(C)C1=O. The van der Waals surface area contributed by atoms with Crippen LogP contribution < -0.4 is 0 Å². The Morgan fingerprint density at radius 3 is 1.61 bits per heavy atom. The number of rotatable bonds is 3. The van der Waals surface area contributed by atoms with Gasteiger partial charge in [-0.25, -0.2) is 0 Å². The molecule has 1 rings (SSSR count). The molecule has 0 spiro atoms. The fourth-order valence-corrected chi connectivity index (χ4v) is 1.86. The van der Waals surface area contributed by atoms with Crippen LogP contribution in [0.1, 0.15) is 34.6 Å². The van der Waals surface area contributed by atoms with Crippen LogP contribution in [-0.2, 0) is 19.1 Å². The number of allylic oxidation sites excluding steroid dienone is 2. The van der Waals surface area contributed by atoms with E-state index in [0.717, 1.165) is 0 Å². The Bertz CT molecular complexity index is 400. The van der Waals surface area contributed by atoms with Crippen LogP contribution in [0.4, 0.5) is 0 Å². The van der Waals surface area contributed by atoms with E-state index in [2.05, 4.69) is 0 Å². The lowest BCUT2D eigenvalue weighted by Crippen LogP contribution is -2.27. The number of ketones is 2. The average Bonchev–Trinajstić information content (AvgIpc) is 2.35. The number of hydrogen-bond acceptors (Lipinski definition) is 4. The number of methoxy groups -OCH3 is 2. The second kappa shape index (κ2) is 6.99. The van der Waals surface area contributed by atoms with Gasteiger partial charge in [0.15, 0.2) is 0 Å². The van der Waals surface area contributed by atoms with Gasteiger partial charge in [-0.05, 0) is 12.8 Å². The highest BCUT2D eigenvalue weighted by molar-refractivity contribution is 6.23. The molecule has 0 unspecified atom stereocenters. The van der Waals surface area contributed by atoms with E-state index in [1.807, 2.05) is 27.7 Å². The maximum absolute atomic E-state index is 12.1. The summed E-state index contributed by atoms with van der Waals surface area (Å²) in [7, 11) is 2.71. The predicted octanol–water partition coefficient (Wildman–Crippen LogP) is 2.64. The molecule has 0 aliphatic heterocycles. The first-order chi connectivity index (χ1) is 8.45. The lowest BCUT2D eigenvalue weighted by Gasteiger charge is -2.22.